The number of fused-ring (bicyclic) bond motifs is 2. The van der Waals surface area contributed by atoms with Crippen LogP contribution >= 0.6 is 0 Å². The Kier molecular flexibility index (Phi) is 6.62. The van der Waals surface area contributed by atoms with Gasteiger partial charge in [-0.3, -0.25) is 4.79 Å². The maximum absolute atomic E-state index is 12.9. The van der Waals surface area contributed by atoms with Crippen molar-refractivity contribution >= 4 is 5.91 Å². The fourth-order valence-electron chi connectivity index (χ4n) is 5.19. The summed E-state index contributed by atoms with van der Waals surface area (Å²) in [7, 11) is 0. The van der Waals surface area contributed by atoms with E-state index < -0.39 is 6.29 Å². The van der Waals surface area contributed by atoms with Crippen LogP contribution in [0.15, 0.2) is 11.8 Å². The molecule has 3 aliphatic rings. The van der Waals surface area contributed by atoms with Crippen LogP contribution < -0.4 is 5.32 Å². The first-order valence-corrected chi connectivity index (χ1v) is 10.4. The summed E-state index contributed by atoms with van der Waals surface area (Å²) in [6.45, 7) is 7.01. The van der Waals surface area contributed by atoms with Gasteiger partial charge in [0.1, 0.15) is 0 Å². The lowest BCUT2D eigenvalue weighted by Gasteiger charge is -2.38. The minimum absolute atomic E-state index is 0.0847. The smallest absolute Gasteiger partial charge is 0.286 e. The Morgan fingerprint density at radius 2 is 2.19 bits per heavy atom. The van der Waals surface area contributed by atoms with Crippen molar-refractivity contribution in [1.29, 1.82) is 0 Å². The van der Waals surface area contributed by atoms with E-state index in [1.54, 1.807) is 0 Å². The van der Waals surface area contributed by atoms with Crippen LogP contribution in [0, 0.1) is 29.6 Å². The second-order valence-corrected chi connectivity index (χ2v) is 8.58. The third-order valence-corrected chi connectivity index (χ3v) is 6.51. The van der Waals surface area contributed by atoms with Gasteiger partial charge in [-0.15, -0.1) is 0 Å². The van der Waals surface area contributed by atoms with E-state index in [2.05, 4.69) is 19.2 Å². The molecule has 2 N–H and O–H groups in total. The maximum Gasteiger partial charge on any atom is 0.286 e. The van der Waals surface area contributed by atoms with Gasteiger partial charge in [-0.05, 0) is 68.8 Å². The van der Waals surface area contributed by atoms with Crippen molar-refractivity contribution in [3.05, 3.63) is 11.8 Å². The average Bonchev–Trinajstić information content (AvgIpc) is 3.23. The molecule has 0 radical (unpaired) electrons. The summed E-state index contributed by atoms with van der Waals surface area (Å²) in [5.74, 6) is 2.55. The van der Waals surface area contributed by atoms with Crippen LogP contribution in [0.4, 0.5) is 0 Å². The number of carbonyl (C=O) groups is 1. The highest BCUT2D eigenvalue weighted by molar-refractivity contribution is 5.91. The van der Waals surface area contributed by atoms with Gasteiger partial charge in [0.05, 0.1) is 0 Å². The molecule has 5 nitrogen and oxygen atoms in total. The molecular weight excluding hydrogens is 330 g/mol. The third kappa shape index (κ3) is 4.25. The summed E-state index contributed by atoms with van der Waals surface area (Å²) < 4.78 is 11.9. The number of ether oxygens (including phenoxy) is 2. The summed E-state index contributed by atoms with van der Waals surface area (Å²) in [5.41, 5.74) is 0. The van der Waals surface area contributed by atoms with Gasteiger partial charge in [-0.25, -0.2) is 0 Å². The van der Waals surface area contributed by atoms with Crippen LogP contribution in [-0.4, -0.2) is 36.6 Å². The van der Waals surface area contributed by atoms with Crippen molar-refractivity contribution in [3.8, 4) is 0 Å². The van der Waals surface area contributed by atoms with E-state index in [0.717, 1.165) is 25.2 Å². The molecule has 2 fully saturated rings. The Morgan fingerprint density at radius 3 is 2.77 bits per heavy atom. The fourth-order valence-corrected chi connectivity index (χ4v) is 5.19. The second kappa shape index (κ2) is 8.75. The molecule has 26 heavy (non-hydrogen) atoms. The number of aliphatic hydroxyl groups is 1. The number of aliphatic hydroxyl groups excluding tert-OH is 1. The van der Waals surface area contributed by atoms with E-state index in [-0.39, 0.29) is 24.3 Å². The zero-order valence-electron chi connectivity index (χ0n) is 16.4. The molecule has 2 aliphatic carbocycles. The largest absolute Gasteiger partial charge is 0.459 e. The molecule has 2 bridgehead atoms. The minimum Gasteiger partial charge on any atom is -0.459 e. The molecule has 0 aromatic carbocycles. The van der Waals surface area contributed by atoms with Crippen molar-refractivity contribution in [2.45, 2.75) is 71.6 Å². The molecular formula is C21H35NO4. The standard InChI is InChI=1S/C21H35NO4/c1-4-25-21-16(6-5-9-23)17(13(2)3)12-19(26-21)20(24)22-18-11-14-7-8-15(18)10-14/h12-18,21,23H,4-11H2,1-3H3,(H,22,24)/t14?,15?,16-,17-,18?,21-/m0/s1. The summed E-state index contributed by atoms with van der Waals surface area (Å²) in [6.07, 6.45) is 8.10. The highest BCUT2D eigenvalue weighted by Gasteiger charge is 2.42. The first-order valence-electron chi connectivity index (χ1n) is 10.4. The lowest BCUT2D eigenvalue weighted by molar-refractivity contribution is -0.175. The van der Waals surface area contributed by atoms with Gasteiger partial charge >= 0.3 is 0 Å². The van der Waals surface area contributed by atoms with Gasteiger partial charge in [0.25, 0.3) is 5.91 Å². The molecule has 0 aromatic rings. The molecule has 148 valence electrons. The highest BCUT2D eigenvalue weighted by Crippen LogP contribution is 2.44. The summed E-state index contributed by atoms with van der Waals surface area (Å²) >= 11 is 0. The number of amides is 1. The normalized spacial score (nSPS) is 36.1. The minimum atomic E-state index is -0.412. The number of rotatable bonds is 8. The summed E-state index contributed by atoms with van der Waals surface area (Å²) in [4.78, 5) is 12.9. The van der Waals surface area contributed by atoms with Gasteiger partial charge in [0.2, 0.25) is 6.29 Å². The predicted octanol–water partition coefficient (Wildman–Crippen LogP) is 3.23. The molecule has 2 saturated carbocycles. The van der Waals surface area contributed by atoms with Crippen molar-refractivity contribution in [2.75, 3.05) is 13.2 Å². The number of nitrogens with one attached hydrogen (secondary N) is 1. The molecule has 5 heteroatoms. The SMILES string of the molecule is CCO[C@H]1OC(C(=O)NC2CC3CCC2C3)=C[C@@H](C(C)C)[C@@H]1CCCO. The zero-order chi connectivity index (χ0) is 18.7. The molecule has 1 aliphatic heterocycles. The lowest BCUT2D eigenvalue weighted by atomic mass is 9.78. The van der Waals surface area contributed by atoms with Gasteiger partial charge in [0, 0.05) is 25.2 Å². The number of hydrogen-bond acceptors (Lipinski definition) is 4. The Bertz CT molecular complexity index is 518. The predicted molar refractivity (Wildman–Crippen MR) is 100 cm³/mol. The van der Waals surface area contributed by atoms with Gasteiger partial charge < -0.3 is 19.9 Å². The Hall–Kier alpha value is -1.07. The van der Waals surface area contributed by atoms with Gasteiger partial charge in [-0.2, -0.15) is 0 Å². The van der Waals surface area contributed by atoms with E-state index >= 15 is 0 Å². The Labute approximate surface area is 157 Å². The second-order valence-electron chi connectivity index (χ2n) is 8.58. The topological polar surface area (TPSA) is 67.8 Å². The molecule has 0 aromatic heterocycles. The molecule has 1 amide bonds. The fraction of sp³-hybridized carbons (Fsp3) is 0.857. The average molecular weight is 366 g/mol. The van der Waals surface area contributed by atoms with E-state index in [1.807, 2.05) is 13.0 Å². The van der Waals surface area contributed by atoms with Crippen molar-refractivity contribution in [1.82, 2.24) is 5.32 Å². The highest BCUT2D eigenvalue weighted by atomic mass is 16.7. The molecule has 3 unspecified atom stereocenters. The van der Waals surface area contributed by atoms with Crippen LogP contribution in [0.5, 0.6) is 0 Å². The quantitative estimate of drug-likeness (QED) is 0.693. The van der Waals surface area contributed by atoms with E-state index in [9.17, 15) is 9.90 Å². The molecule has 0 saturated heterocycles. The van der Waals surface area contributed by atoms with Crippen molar-refractivity contribution < 1.29 is 19.4 Å². The number of hydrogen-bond donors (Lipinski definition) is 2. The lowest BCUT2D eigenvalue weighted by Crippen LogP contribution is -2.44. The zero-order valence-corrected chi connectivity index (χ0v) is 16.4. The van der Waals surface area contributed by atoms with Gasteiger partial charge in [0.15, 0.2) is 5.76 Å². The van der Waals surface area contributed by atoms with E-state index in [4.69, 9.17) is 9.47 Å². The number of allylic oxidation sites excluding steroid dienone is 1. The van der Waals surface area contributed by atoms with E-state index in [0.29, 0.717) is 30.2 Å². The monoisotopic (exact) mass is 365 g/mol. The Balaban J connectivity index is 1.71. The maximum atomic E-state index is 12.9. The van der Waals surface area contributed by atoms with Crippen LogP contribution in [0.25, 0.3) is 0 Å². The first-order chi connectivity index (χ1) is 12.5. The van der Waals surface area contributed by atoms with Crippen molar-refractivity contribution in [3.63, 3.8) is 0 Å². The van der Waals surface area contributed by atoms with Crippen LogP contribution in [0.3, 0.4) is 0 Å². The Morgan fingerprint density at radius 1 is 1.38 bits per heavy atom. The molecule has 0 spiro atoms. The molecule has 3 rings (SSSR count). The van der Waals surface area contributed by atoms with Crippen molar-refractivity contribution in [2.24, 2.45) is 29.6 Å². The summed E-state index contributed by atoms with van der Waals surface area (Å²) in [6, 6.07) is 0.306. The van der Waals surface area contributed by atoms with Crippen LogP contribution in [0.1, 0.15) is 59.3 Å². The molecule has 1 heterocycles. The van der Waals surface area contributed by atoms with Gasteiger partial charge in [-0.1, -0.05) is 20.3 Å². The van der Waals surface area contributed by atoms with E-state index in [1.165, 1.54) is 19.3 Å². The molecule has 6 atom stereocenters. The third-order valence-electron chi connectivity index (χ3n) is 6.51. The van der Waals surface area contributed by atoms with Crippen LogP contribution in [0.2, 0.25) is 0 Å². The summed E-state index contributed by atoms with van der Waals surface area (Å²) in [5, 5.41) is 12.5. The first kappa shape index (κ1) is 19.7. The number of carbonyl (C=O) groups excluding carboxylic acids is 1. The van der Waals surface area contributed by atoms with Crippen LogP contribution in [-0.2, 0) is 14.3 Å².